The van der Waals surface area contributed by atoms with Crippen LogP contribution in [0, 0.1) is 5.92 Å². The van der Waals surface area contributed by atoms with E-state index in [2.05, 4.69) is 11.4 Å². The molecule has 1 fully saturated rings. The van der Waals surface area contributed by atoms with E-state index in [1.807, 2.05) is 6.07 Å². The molecule has 2 amide bonds. The van der Waals surface area contributed by atoms with Crippen molar-refractivity contribution in [2.24, 2.45) is 5.92 Å². The van der Waals surface area contributed by atoms with Gasteiger partial charge in [0.15, 0.2) is 0 Å². The summed E-state index contributed by atoms with van der Waals surface area (Å²) >= 11 is 0. The van der Waals surface area contributed by atoms with E-state index in [9.17, 15) is 14.7 Å². The van der Waals surface area contributed by atoms with Crippen molar-refractivity contribution in [2.45, 2.75) is 31.6 Å². The highest BCUT2D eigenvalue weighted by molar-refractivity contribution is 6.03. The zero-order valence-electron chi connectivity index (χ0n) is 12.1. The predicted octanol–water partition coefficient (Wildman–Crippen LogP) is 1.66. The number of hydrogen-bond donors (Lipinski definition) is 2. The van der Waals surface area contributed by atoms with Gasteiger partial charge in [-0.05, 0) is 36.3 Å². The Bertz CT molecular complexity index is 776. The lowest BCUT2D eigenvalue weighted by Crippen LogP contribution is -2.39. The van der Waals surface area contributed by atoms with Gasteiger partial charge in [-0.15, -0.1) is 0 Å². The second-order valence-corrected chi connectivity index (χ2v) is 6.23. The van der Waals surface area contributed by atoms with Crippen LogP contribution >= 0.6 is 0 Å². The molecule has 1 aliphatic carbocycles. The molecule has 0 saturated carbocycles. The van der Waals surface area contributed by atoms with Gasteiger partial charge in [0.1, 0.15) is 5.58 Å². The molecular formula is C17H17NO4. The van der Waals surface area contributed by atoms with Gasteiger partial charge in [-0.25, -0.2) is 0 Å². The number of imide groups is 1. The average Bonchev–Trinajstić information content (AvgIpc) is 3.09. The summed E-state index contributed by atoms with van der Waals surface area (Å²) in [5.74, 6) is -0.523. The molecule has 2 heterocycles. The molecule has 114 valence electrons. The summed E-state index contributed by atoms with van der Waals surface area (Å²) in [4.78, 5) is 23.4. The van der Waals surface area contributed by atoms with Gasteiger partial charge >= 0.3 is 0 Å². The van der Waals surface area contributed by atoms with Crippen LogP contribution in [0.15, 0.2) is 22.8 Å². The van der Waals surface area contributed by atoms with E-state index in [-0.39, 0.29) is 30.3 Å². The van der Waals surface area contributed by atoms with Gasteiger partial charge in [0.25, 0.3) is 0 Å². The monoisotopic (exact) mass is 299 g/mol. The molecule has 0 spiro atoms. The first-order valence-corrected chi connectivity index (χ1v) is 7.63. The maximum atomic E-state index is 12.1. The van der Waals surface area contributed by atoms with Crippen LogP contribution in [-0.2, 0) is 22.4 Å². The lowest BCUT2D eigenvalue weighted by Gasteiger charge is -2.19. The van der Waals surface area contributed by atoms with Crippen LogP contribution in [-0.4, -0.2) is 23.5 Å². The minimum absolute atomic E-state index is 0.177. The highest BCUT2D eigenvalue weighted by Gasteiger charge is 2.32. The summed E-state index contributed by atoms with van der Waals surface area (Å²) in [5, 5.41) is 12.7. The van der Waals surface area contributed by atoms with E-state index in [4.69, 9.17) is 4.42 Å². The molecule has 1 unspecified atom stereocenters. The summed E-state index contributed by atoms with van der Waals surface area (Å²) in [5.41, 5.74) is 4.05. The Kier molecular flexibility index (Phi) is 3.04. The van der Waals surface area contributed by atoms with Crippen LogP contribution in [0.1, 0.15) is 35.4 Å². The number of fused-ring (bicyclic) bond motifs is 3. The van der Waals surface area contributed by atoms with E-state index < -0.39 is 0 Å². The van der Waals surface area contributed by atoms with Crippen molar-refractivity contribution >= 4 is 22.8 Å². The van der Waals surface area contributed by atoms with Crippen molar-refractivity contribution < 1.29 is 19.1 Å². The third kappa shape index (κ3) is 1.96. The molecule has 1 aliphatic heterocycles. The zero-order chi connectivity index (χ0) is 15.3. The van der Waals surface area contributed by atoms with Crippen LogP contribution in [0.2, 0.25) is 0 Å². The van der Waals surface area contributed by atoms with Crippen LogP contribution in [0.5, 0.6) is 0 Å². The molecule has 2 aromatic rings. The van der Waals surface area contributed by atoms with E-state index in [1.165, 1.54) is 5.56 Å². The molecule has 2 aliphatic rings. The third-order valence-electron chi connectivity index (χ3n) is 4.85. The maximum Gasteiger partial charge on any atom is 0.234 e. The quantitative estimate of drug-likeness (QED) is 0.827. The highest BCUT2D eigenvalue weighted by atomic mass is 16.3. The number of amides is 2. The fourth-order valence-corrected chi connectivity index (χ4v) is 3.69. The Morgan fingerprint density at radius 3 is 2.91 bits per heavy atom. The molecule has 0 radical (unpaired) electrons. The number of carbonyl (C=O) groups is 2. The SMILES string of the molecule is O=C1CCC(c2coc3c4c(ccc23)C[C@H](CO)C4)C(=O)N1. The van der Waals surface area contributed by atoms with Crippen molar-refractivity contribution in [3.05, 3.63) is 35.1 Å². The lowest BCUT2D eigenvalue weighted by atomic mass is 9.89. The van der Waals surface area contributed by atoms with Gasteiger partial charge in [-0.1, -0.05) is 12.1 Å². The van der Waals surface area contributed by atoms with Crippen molar-refractivity contribution in [2.75, 3.05) is 6.61 Å². The molecule has 1 aromatic carbocycles. The molecule has 2 atom stereocenters. The fraction of sp³-hybridized carbons (Fsp3) is 0.412. The van der Waals surface area contributed by atoms with E-state index >= 15 is 0 Å². The number of benzene rings is 1. The molecular weight excluding hydrogens is 282 g/mol. The lowest BCUT2D eigenvalue weighted by molar-refractivity contribution is -0.134. The van der Waals surface area contributed by atoms with E-state index in [1.54, 1.807) is 6.26 Å². The number of nitrogens with one attached hydrogen (secondary N) is 1. The number of carbonyl (C=O) groups excluding carboxylic acids is 2. The Labute approximate surface area is 127 Å². The summed E-state index contributed by atoms with van der Waals surface area (Å²) in [6.07, 6.45) is 4.22. The summed E-state index contributed by atoms with van der Waals surface area (Å²) in [6.45, 7) is 0.177. The molecule has 0 bridgehead atoms. The molecule has 1 aromatic heterocycles. The highest BCUT2D eigenvalue weighted by Crippen LogP contribution is 2.38. The van der Waals surface area contributed by atoms with Gasteiger partial charge in [0, 0.05) is 24.0 Å². The van der Waals surface area contributed by atoms with Crippen LogP contribution in [0.3, 0.4) is 0 Å². The normalized spacial score (nSPS) is 24.6. The molecule has 22 heavy (non-hydrogen) atoms. The van der Waals surface area contributed by atoms with Gasteiger partial charge in [0.2, 0.25) is 11.8 Å². The van der Waals surface area contributed by atoms with E-state index in [0.29, 0.717) is 12.8 Å². The molecule has 5 heteroatoms. The summed E-state index contributed by atoms with van der Waals surface area (Å²) < 4.78 is 5.77. The molecule has 1 saturated heterocycles. The van der Waals surface area contributed by atoms with Gasteiger partial charge < -0.3 is 9.52 Å². The largest absolute Gasteiger partial charge is 0.464 e. The number of piperidine rings is 1. The number of rotatable bonds is 2. The Morgan fingerprint density at radius 2 is 2.14 bits per heavy atom. The molecule has 2 N–H and O–H groups in total. The van der Waals surface area contributed by atoms with Crippen molar-refractivity contribution in [1.82, 2.24) is 5.32 Å². The first-order valence-electron chi connectivity index (χ1n) is 7.63. The Hall–Kier alpha value is -2.14. The number of aliphatic hydroxyl groups is 1. The van der Waals surface area contributed by atoms with E-state index in [0.717, 1.165) is 34.9 Å². The second-order valence-electron chi connectivity index (χ2n) is 6.23. The van der Waals surface area contributed by atoms with Gasteiger partial charge in [-0.3, -0.25) is 14.9 Å². The number of hydrogen-bond acceptors (Lipinski definition) is 4. The fourth-order valence-electron chi connectivity index (χ4n) is 3.69. The average molecular weight is 299 g/mol. The zero-order valence-corrected chi connectivity index (χ0v) is 12.1. The van der Waals surface area contributed by atoms with Crippen LogP contribution in [0.4, 0.5) is 0 Å². The maximum absolute atomic E-state index is 12.1. The van der Waals surface area contributed by atoms with Crippen molar-refractivity contribution in [3.63, 3.8) is 0 Å². The molecule has 5 nitrogen and oxygen atoms in total. The first kappa shape index (κ1) is 13.5. The standard InChI is InChI=1S/C17H17NO4/c19-7-9-5-10-1-2-11-14(8-22-16(11)13(10)6-9)12-3-4-15(20)18-17(12)21/h1-2,8-9,12,19H,3-7H2,(H,18,20,21)/t9-,12?/m0/s1. The second kappa shape index (κ2) is 4.95. The third-order valence-corrected chi connectivity index (χ3v) is 4.85. The first-order chi connectivity index (χ1) is 10.7. The van der Waals surface area contributed by atoms with Crippen LogP contribution in [0.25, 0.3) is 11.0 Å². The van der Waals surface area contributed by atoms with Gasteiger partial charge in [-0.2, -0.15) is 0 Å². The smallest absolute Gasteiger partial charge is 0.234 e. The van der Waals surface area contributed by atoms with Crippen molar-refractivity contribution in [3.8, 4) is 0 Å². The topological polar surface area (TPSA) is 79.5 Å². The van der Waals surface area contributed by atoms with Crippen molar-refractivity contribution in [1.29, 1.82) is 0 Å². The Morgan fingerprint density at radius 1 is 1.27 bits per heavy atom. The Balaban J connectivity index is 1.76. The minimum Gasteiger partial charge on any atom is -0.464 e. The number of furan rings is 1. The summed E-state index contributed by atoms with van der Waals surface area (Å²) in [6, 6.07) is 4.06. The number of aliphatic hydroxyl groups excluding tert-OH is 1. The van der Waals surface area contributed by atoms with Gasteiger partial charge in [0.05, 0.1) is 12.2 Å². The predicted molar refractivity (Wildman–Crippen MR) is 79.3 cm³/mol. The van der Waals surface area contributed by atoms with Crippen LogP contribution < -0.4 is 5.32 Å². The minimum atomic E-state index is -0.327. The summed E-state index contributed by atoms with van der Waals surface area (Å²) in [7, 11) is 0. The molecule has 4 rings (SSSR count).